The lowest BCUT2D eigenvalue weighted by atomic mass is 10.1. The van der Waals surface area contributed by atoms with Crippen LogP contribution in [-0.2, 0) is 4.79 Å². The maximum atomic E-state index is 12.8. The van der Waals surface area contributed by atoms with Crippen molar-refractivity contribution in [1.29, 1.82) is 0 Å². The second-order valence-corrected chi connectivity index (χ2v) is 8.09. The van der Waals surface area contributed by atoms with E-state index in [0.717, 1.165) is 4.90 Å². The molecule has 2 aromatic carbocycles. The van der Waals surface area contributed by atoms with E-state index in [9.17, 15) is 24.5 Å². The highest BCUT2D eigenvalue weighted by atomic mass is 35.5. The summed E-state index contributed by atoms with van der Waals surface area (Å²) in [5, 5.41) is 10.5. The summed E-state index contributed by atoms with van der Waals surface area (Å²) in [6.45, 7) is 3.91. The molecule has 0 aromatic heterocycles. The van der Waals surface area contributed by atoms with Crippen molar-refractivity contribution in [3.63, 3.8) is 0 Å². The van der Waals surface area contributed by atoms with Gasteiger partial charge in [-0.1, -0.05) is 11.6 Å². The number of nitrogens with zero attached hydrogens (tertiary/aromatic N) is 2. The van der Waals surface area contributed by atoms with E-state index in [4.69, 9.17) is 21.1 Å². The fraction of sp³-hybridized carbons (Fsp3) is 0.227. The van der Waals surface area contributed by atoms with Gasteiger partial charge in [-0.15, -0.1) is 0 Å². The van der Waals surface area contributed by atoms with Crippen LogP contribution in [0.4, 0.5) is 10.5 Å². The molecule has 0 radical (unpaired) electrons. The van der Waals surface area contributed by atoms with Crippen molar-refractivity contribution in [3.05, 3.63) is 67.6 Å². The number of rotatable bonds is 9. The first-order valence-corrected chi connectivity index (χ1v) is 11.1. The average molecular weight is 491 g/mol. The Morgan fingerprint density at radius 3 is 2.42 bits per heavy atom. The Balaban J connectivity index is 1.80. The molecule has 11 heteroatoms. The molecule has 1 heterocycles. The lowest BCUT2D eigenvalue weighted by Crippen LogP contribution is -2.33. The average Bonchev–Trinajstić information content (AvgIpc) is 3.03. The van der Waals surface area contributed by atoms with Crippen LogP contribution in [0.1, 0.15) is 29.8 Å². The van der Waals surface area contributed by atoms with E-state index in [-0.39, 0.29) is 16.2 Å². The summed E-state index contributed by atoms with van der Waals surface area (Å²) in [4.78, 5) is 48.8. The van der Waals surface area contributed by atoms with E-state index in [1.807, 2.05) is 13.8 Å². The minimum Gasteiger partial charge on any atom is -0.490 e. The van der Waals surface area contributed by atoms with E-state index in [0.29, 0.717) is 47.1 Å². The van der Waals surface area contributed by atoms with Crippen molar-refractivity contribution in [1.82, 2.24) is 4.90 Å². The predicted octanol–water partition coefficient (Wildman–Crippen LogP) is 4.96. The lowest BCUT2D eigenvalue weighted by molar-refractivity contribution is -0.384. The fourth-order valence-electron chi connectivity index (χ4n) is 3.01. The van der Waals surface area contributed by atoms with Crippen LogP contribution in [0, 0.1) is 10.1 Å². The van der Waals surface area contributed by atoms with Gasteiger partial charge in [0.25, 0.3) is 16.8 Å². The number of nitro benzene ring substituents is 1. The molecule has 1 fully saturated rings. The number of benzene rings is 2. The third-order valence-corrected chi connectivity index (χ3v) is 5.68. The first-order valence-electron chi connectivity index (χ1n) is 9.87. The topological polar surface area (TPSA) is 116 Å². The van der Waals surface area contributed by atoms with Crippen LogP contribution in [0.5, 0.6) is 11.5 Å². The Bertz CT molecular complexity index is 1150. The van der Waals surface area contributed by atoms with Gasteiger partial charge >= 0.3 is 0 Å². The van der Waals surface area contributed by atoms with Gasteiger partial charge in [0.2, 0.25) is 0 Å². The maximum Gasteiger partial charge on any atom is 0.293 e. The van der Waals surface area contributed by atoms with Crippen LogP contribution in [0.2, 0.25) is 5.02 Å². The molecule has 1 aliphatic heterocycles. The number of carbonyl (C=O) groups is 3. The number of carbonyl (C=O) groups excluding carboxylic acids is 3. The van der Waals surface area contributed by atoms with E-state index < -0.39 is 28.4 Å². The first-order chi connectivity index (χ1) is 15.7. The Kier molecular flexibility index (Phi) is 7.72. The summed E-state index contributed by atoms with van der Waals surface area (Å²) in [5.74, 6) is -0.343. The van der Waals surface area contributed by atoms with Crippen molar-refractivity contribution >= 4 is 52.1 Å². The van der Waals surface area contributed by atoms with Gasteiger partial charge < -0.3 is 9.47 Å². The summed E-state index contributed by atoms with van der Waals surface area (Å²) in [6.07, 6.45) is 1.49. The zero-order valence-corrected chi connectivity index (χ0v) is 19.3. The van der Waals surface area contributed by atoms with Crippen molar-refractivity contribution in [2.75, 3.05) is 19.8 Å². The van der Waals surface area contributed by atoms with E-state index >= 15 is 0 Å². The third-order valence-electron chi connectivity index (χ3n) is 4.49. The minimum absolute atomic E-state index is 0.124. The largest absolute Gasteiger partial charge is 0.490 e. The maximum absolute atomic E-state index is 12.8. The molecule has 0 spiro atoms. The number of hydrogen-bond acceptors (Lipinski definition) is 8. The minimum atomic E-state index is -0.622. The van der Waals surface area contributed by atoms with Gasteiger partial charge in [-0.2, -0.15) is 0 Å². The van der Waals surface area contributed by atoms with Gasteiger partial charge in [0.05, 0.1) is 34.6 Å². The number of thioether (sulfide) groups is 1. The third kappa shape index (κ3) is 5.52. The normalized spacial score (nSPS) is 14.6. The number of hydrogen-bond donors (Lipinski definition) is 0. The Morgan fingerprint density at radius 1 is 1.15 bits per heavy atom. The highest BCUT2D eigenvalue weighted by Gasteiger charge is 2.36. The molecule has 1 saturated heterocycles. The smallest absolute Gasteiger partial charge is 0.293 e. The molecule has 0 atom stereocenters. The molecule has 172 valence electrons. The van der Waals surface area contributed by atoms with Gasteiger partial charge in [-0.3, -0.25) is 29.4 Å². The molecule has 2 aromatic rings. The Morgan fingerprint density at radius 2 is 1.82 bits per heavy atom. The Labute approximate surface area is 198 Å². The molecular weight excluding hydrogens is 472 g/mol. The molecule has 0 aliphatic carbocycles. The molecule has 0 bridgehead atoms. The quantitative estimate of drug-likeness (QED) is 0.209. The number of imide groups is 1. The van der Waals surface area contributed by atoms with E-state index in [2.05, 4.69) is 0 Å². The van der Waals surface area contributed by atoms with Crippen molar-refractivity contribution in [2.24, 2.45) is 0 Å². The van der Waals surface area contributed by atoms with Crippen LogP contribution in [0.25, 0.3) is 6.08 Å². The molecule has 2 amide bonds. The van der Waals surface area contributed by atoms with Gasteiger partial charge in [0.1, 0.15) is 0 Å². The molecule has 0 N–H and O–H groups in total. The summed E-state index contributed by atoms with van der Waals surface area (Å²) < 4.78 is 11.1. The highest BCUT2D eigenvalue weighted by Crippen LogP contribution is 2.39. The molecule has 3 rings (SSSR count). The predicted molar refractivity (Wildman–Crippen MR) is 124 cm³/mol. The number of amides is 2. The molecule has 9 nitrogen and oxygen atoms in total. The van der Waals surface area contributed by atoms with E-state index in [1.54, 1.807) is 12.1 Å². The Hall–Kier alpha value is -3.37. The molecular formula is C22H19ClN2O7S. The monoisotopic (exact) mass is 490 g/mol. The number of ketones is 1. The number of Topliss-reactive ketones (excluding diaryl/α,β-unsaturated/α-hetero) is 1. The van der Waals surface area contributed by atoms with Crippen molar-refractivity contribution in [2.45, 2.75) is 13.8 Å². The second kappa shape index (κ2) is 10.5. The van der Waals surface area contributed by atoms with E-state index in [1.165, 1.54) is 30.3 Å². The number of nitro groups is 1. The molecule has 0 saturated carbocycles. The second-order valence-electron chi connectivity index (χ2n) is 6.69. The summed E-state index contributed by atoms with van der Waals surface area (Å²) in [6, 6.07) is 8.18. The molecule has 1 aliphatic rings. The van der Waals surface area contributed by atoms with Gasteiger partial charge in [-0.05, 0) is 61.5 Å². The summed E-state index contributed by atoms with van der Waals surface area (Å²) in [5.41, 5.74) is 0.517. The van der Waals surface area contributed by atoms with Gasteiger partial charge in [0.15, 0.2) is 17.3 Å². The van der Waals surface area contributed by atoms with Crippen molar-refractivity contribution in [3.8, 4) is 11.5 Å². The van der Waals surface area contributed by atoms with Gasteiger partial charge in [-0.25, -0.2) is 0 Å². The summed E-state index contributed by atoms with van der Waals surface area (Å²) >= 11 is 7.01. The van der Waals surface area contributed by atoms with Crippen LogP contribution in [0.3, 0.4) is 0 Å². The lowest BCUT2D eigenvalue weighted by Gasteiger charge is -2.13. The van der Waals surface area contributed by atoms with Crippen LogP contribution in [-0.4, -0.2) is 46.5 Å². The van der Waals surface area contributed by atoms with Crippen LogP contribution >= 0.6 is 23.4 Å². The van der Waals surface area contributed by atoms with Gasteiger partial charge in [0, 0.05) is 17.7 Å². The van der Waals surface area contributed by atoms with Crippen molar-refractivity contribution < 1.29 is 28.8 Å². The fourth-order valence-corrected chi connectivity index (χ4v) is 4.12. The first kappa shape index (κ1) is 24.3. The molecule has 0 unspecified atom stereocenters. The highest BCUT2D eigenvalue weighted by molar-refractivity contribution is 8.18. The standard InChI is InChI=1S/C22H19ClN2O7S/c1-3-31-18-10-13(9-16(23)20(18)32-4-2)11-19-21(27)24(22(28)33-19)12-17(26)14-5-7-15(8-6-14)25(29)30/h5-11H,3-4,12H2,1-2H3/b19-11+. The summed E-state index contributed by atoms with van der Waals surface area (Å²) in [7, 11) is 0. The molecule has 33 heavy (non-hydrogen) atoms. The SMILES string of the molecule is CCOc1cc(/C=C2/SC(=O)N(CC(=O)c3ccc([N+](=O)[O-])cc3)C2=O)cc(Cl)c1OCC. The van der Waals surface area contributed by atoms with Crippen LogP contribution < -0.4 is 9.47 Å². The number of non-ortho nitro benzene ring substituents is 1. The number of halogens is 1. The number of ether oxygens (including phenoxy) is 2. The zero-order chi connectivity index (χ0) is 24.1. The zero-order valence-electron chi connectivity index (χ0n) is 17.7. The van der Waals surface area contributed by atoms with Crippen LogP contribution in [0.15, 0.2) is 41.3 Å².